The molecule has 0 amide bonds. The summed E-state index contributed by atoms with van der Waals surface area (Å²) in [7, 11) is 1.46. The van der Waals surface area contributed by atoms with E-state index in [1.165, 1.54) is 13.5 Å². The summed E-state index contributed by atoms with van der Waals surface area (Å²) in [6, 6.07) is 0. The number of hydrogen-bond acceptors (Lipinski definition) is 3. The normalized spacial score (nSPS) is 29.1. The predicted molar refractivity (Wildman–Crippen MR) is 60.7 cm³/mol. The summed E-state index contributed by atoms with van der Waals surface area (Å²) in [5.74, 6) is -0.103. The van der Waals surface area contributed by atoms with Gasteiger partial charge in [-0.25, -0.2) is 0 Å². The van der Waals surface area contributed by atoms with Crippen LogP contribution in [0.1, 0.15) is 46.5 Å². The van der Waals surface area contributed by atoms with Gasteiger partial charge in [0.05, 0.1) is 13.5 Å². The Morgan fingerprint density at radius 3 is 2.47 bits per heavy atom. The van der Waals surface area contributed by atoms with Gasteiger partial charge in [-0.15, -0.1) is 0 Å². The van der Waals surface area contributed by atoms with Gasteiger partial charge in [-0.3, -0.25) is 4.79 Å². The molecular weight excluding hydrogens is 190 g/mol. The van der Waals surface area contributed by atoms with Gasteiger partial charge in [-0.1, -0.05) is 20.8 Å². The first-order chi connectivity index (χ1) is 6.93. The van der Waals surface area contributed by atoms with Gasteiger partial charge in [0.25, 0.3) is 0 Å². The van der Waals surface area contributed by atoms with E-state index >= 15 is 0 Å². The molecule has 0 heterocycles. The Bertz CT molecular complexity index is 238. The number of hydrogen-bond donors (Lipinski definition) is 1. The van der Waals surface area contributed by atoms with Crippen molar-refractivity contribution < 1.29 is 9.53 Å². The standard InChI is InChI=1S/C12H23NO2/c1-5-13-12(8-10(14)15-4)7-6-11(2,3)9-12/h13H,5-9H2,1-4H3. The van der Waals surface area contributed by atoms with Crippen molar-refractivity contribution in [1.29, 1.82) is 0 Å². The second-order valence-corrected chi connectivity index (χ2v) is 5.40. The van der Waals surface area contributed by atoms with Gasteiger partial charge in [-0.2, -0.15) is 0 Å². The largest absolute Gasteiger partial charge is 0.469 e. The van der Waals surface area contributed by atoms with Gasteiger partial charge in [-0.05, 0) is 31.2 Å². The highest BCUT2D eigenvalue weighted by Crippen LogP contribution is 2.45. The first kappa shape index (κ1) is 12.5. The summed E-state index contributed by atoms with van der Waals surface area (Å²) < 4.78 is 4.77. The van der Waals surface area contributed by atoms with Crippen LogP contribution in [-0.4, -0.2) is 25.2 Å². The highest BCUT2D eigenvalue weighted by molar-refractivity contribution is 5.70. The third-order valence-corrected chi connectivity index (χ3v) is 3.36. The van der Waals surface area contributed by atoms with E-state index in [1.807, 2.05) is 0 Å². The Labute approximate surface area is 92.6 Å². The molecule has 88 valence electrons. The predicted octanol–water partition coefficient (Wildman–Crippen LogP) is 2.11. The third-order valence-electron chi connectivity index (χ3n) is 3.36. The Morgan fingerprint density at radius 1 is 1.40 bits per heavy atom. The maximum atomic E-state index is 11.4. The number of rotatable bonds is 4. The van der Waals surface area contributed by atoms with Gasteiger partial charge in [0, 0.05) is 5.54 Å². The second kappa shape index (κ2) is 4.52. The van der Waals surface area contributed by atoms with Crippen LogP contribution >= 0.6 is 0 Å². The van der Waals surface area contributed by atoms with E-state index in [-0.39, 0.29) is 11.5 Å². The molecule has 3 heteroatoms. The van der Waals surface area contributed by atoms with Gasteiger partial charge < -0.3 is 10.1 Å². The third kappa shape index (κ3) is 3.20. The summed E-state index contributed by atoms with van der Waals surface area (Å²) in [6.07, 6.45) is 3.81. The minimum Gasteiger partial charge on any atom is -0.469 e. The number of esters is 1. The molecular formula is C12H23NO2. The Morgan fingerprint density at radius 2 is 2.07 bits per heavy atom. The lowest BCUT2D eigenvalue weighted by molar-refractivity contribution is -0.142. The molecule has 0 aromatic rings. The molecule has 1 saturated carbocycles. The number of carbonyl (C=O) groups excluding carboxylic acids is 1. The summed E-state index contributed by atoms with van der Waals surface area (Å²) >= 11 is 0. The van der Waals surface area contributed by atoms with Crippen molar-refractivity contribution in [2.75, 3.05) is 13.7 Å². The Balaban J connectivity index is 2.68. The minimum atomic E-state index is -0.103. The minimum absolute atomic E-state index is 0.0225. The molecule has 0 spiro atoms. The lowest BCUT2D eigenvalue weighted by Crippen LogP contribution is -2.45. The average molecular weight is 213 g/mol. The van der Waals surface area contributed by atoms with Crippen LogP contribution in [0.15, 0.2) is 0 Å². The summed E-state index contributed by atoms with van der Waals surface area (Å²) in [6.45, 7) is 7.53. The van der Waals surface area contributed by atoms with Gasteiger partial charge in [0.15, 0.2) is 0 Å². The molecule has 1 N–H and O–H groups in total. The van der Waals surface area contributed by atoms with Crippen molar-refractivity contribution in [2.24, 2.45) is 5.41 Å². The van der Waals surface area contributed by atoms with Crippen molar-refractivity contribution in [3.05, 3.63) is 0 Å². The maximum Gasteiger partial charge on any atom is 0.307 e. The SMILES string of the molecule is CCNC1(CC(=O)OC)CCC(C)(C)C1. The molecule has 1 atom stereocenters. The quantitative estimate of drug-likeness (QED) is 0.727. The van der Waals surface area contributed by atoms with Crippen molar-refractivity contribution in [3.8, 4) is 0 Å². The number of nitrogens with one attached hydrogen (secondary N) is 1. The van der Waals surface area contributed by atoms with E-state index in [4.69, 9.17) is 4.74 Å². The van der Waals surface area contributed by atoms with E-state index in [2.05, 4.69) is 26.1 Å². The van der Waals surface area contributed by atoms with E-state index in [9.17, 15) is 4.79 Å². The van der Waals surface area contributed by atoms with Crippen LogP contribution in [0.2, 0.25) is 0 Å². The molecule has 1 aliphatic carbocycles. The monoisotopic (exact) mass is 213 g/mol. The van der Waals surface area contributed by atoms with E-state index in [1.54, 1.807) is 0 Å². The molecule has 1 aliphatic rings. The van der Waals surface area contributed by atoms with Crippen molar-refractivity contribution in [1.82, 2.24) is 5.32 Å². The van der Waals surface area contributed by atoms with Crippen LogP contribution in [-0.2, 0) is 9.53 Å². The highest BCUT2D eigenvalue weighted by Gasteiger charge is 2.43. The first-order valence-corrected chi connectivity index (χ1v) is 5.75. The average Bonchev–Trinajstić information content (AvgIpc) is 2.42. The lowest BCUT2D eigenvalue weighted by atomic mass is 9.86. The molecule has 1 fully saturated rings. The fourth-order valence-electron chi connectivity index (χ4n) is 2.76. The van der Waals surface area contributed by atoms with E-state index < -0.39 is 0 Å². The molecule has 0 aliphatic heterocycles. The van der Waals surface area contributed by atoms with Crippen LogP contribution in [0.4, 0.5) is 0 Å². The molecule has 3 nitrogen and oxygen atoms in total. The zero-order valence-electron chi connectivity index (χ0n) is 10.4. The van der Waals surface area contributed by atoms with Gasteiger partial charge in [0.2, 0.25) is 0 Å². The van der Waals surface area contributed by atoms with Crippen LogP contribution in [0.25, 0.3) is 0 Å². The fourth-order valence-corrected chi connectivity index (χ4v) is 2.76. The zero-order valence-corrected chi connectivity index (χ0v) is 10.4. The van der Waals surface area contributed by atoms with Crippen LogP contribution < -0.4 is 5.32 Å². The first-order valence-electron chi connectivity index (χ1n) is 5.75. The van der Waals surface area contributed by atoms with Crippen molar-refractivity contribution >= 4 is 5.97 Å². The Hall–Kier alpha value is -0.570. The zero-order chi connectivity index (χ0) is 11.5. The Kier molecular flexibility index (Phi) is 3.77. The number of methoxy groups -OCH3 is 1. The van der Waals surface area contributed by atoms with Crippen LogP contribution in [0.3, 0.4) is 0 Å². The fraction of sp³-hybridized carbons (Fsp3) is 0.917. The van der Waals surface area contributed by atoms with E-state index in [0.29, 0.717) is 11.8 Å². The van der Waals surface area contributed by atoms with Gasteiger partial charge in [0.1, 0.15) is 0 Å². The van der Waals surface area contributed by atoms with Crippen molar-refractivity contribution in [2.45, 2.75) is 52.0 Å². The van der Waals surface area contributed by atoms with Crippen LogP contribution in [0, 0.1) is 5.41 Å². The van der Waals surface area contributed by atoms with Crippen LogP contribution in [0.5, 0.6) is 0 Å². The molecule has 0 aromatic carbocycles. The highest BCUT2D eigenvalue weighted by atomic mass is 16.5. The lowest BCUT2D eigenvalue weighted by Gasteiger charge is -2.30. The smallest absolute Gasteiger partial charge is 0.307 e. The van der Waals surface area contributed by atoms with Gasteiger partial charge >= 0.3 is 5.97 Å². The summed E-state index contributed by atoms with van der Waals surface area (Å²) in [4.78, 5) is 11.4. The topological polar surface area (TPSA) is 38.3 Å². The molecule has 0 aromatic heterocycles. The number of ether oxygens (including phenoxy) is 1. The molecule has 0 radical (unpaired) electrons. The number of carbonyl (C=O) groups is 1. The maximum absolute atomic E-state index is 11.4. The molecule has 0 saturated heterocycles. The molecule has 15 heavy (non-hydrogen) atoms. The molecule has 1 unspecified atom stereocenters. The second-order valence-electron chi connectivity index (χ2n) is 5.40. The summed E-state index contributed by atoms with van der Waals surface area (Å²) in [5.41, 5.74) is 0.321. The van der Waals surface area contributed by atoms with Crippen molar-refractivity contribution in [3.63, 3.8) is 0 Å². The van der Waals surface area contributed by atoms with E-state index in [0.717, 1.165) is 19.4 Å². The molecule has 1 rings (SSSR count). The molecule has 0 bridgehead atoms. The summed E-state index contributed by atoms with van der Waals surface area (Å²) in [5, 5.41) is 3.48.